The number of amides is 1. The number of rotatable bonds is 4. The third-order valence-electron chi connectivity index (χ3n) is 2.65. The highest BCUT2D eigenvalue weighted by molar-refractivity contribution is 9.10. The van der Waals surface area contributed by atoms with Crippen molar-refractivity contribution in [1.82, 2.24) is 0 Å². The molecule has 0 aliphatic rings. The number of anilines is 1. The van der Waals surface area contributed by atoms with Crippen LogP contribution in [0.15, 0.2) is 40.9 Å². The van der Waals surface area contributed by atoms with Crippen LogP contribution in [0.3, 0.4) is 0 Å². The van der Waals surface area contributed by atoms with E-state index in [-0.39, 0.29) is 12.3 Å². The first-order valence-electron chi connectivity index (χ1n) is 6.09. The highest BCUT2D eigenvalue weighted by Crippen LogP contribution is 2.25. The maximum absolute atomic E-state index is 13.5. The third-order valence-corrected chi connectivity index (χ3v) is 3.27. The van der Waals surface area contributed by atoms with Crippen molar-refractivity contribution >= 4 is 27.5 Å². The number of benzene rings is 2. The molecule has 0 aliphatic carbocycles. The van der Waals surface area contributed by atoms with Gasteiger partial charge in [0.05, 0.1) is 10.2 Å². The van der Waals surface area contributed by atoms with Crippen molar-refractivity contribution in [2.45, 2.75) is 6.92 Å². The van der Waals surface area contributed by atoms with Gasteiger partial charge >= 0.3 is 0 Å². The SMILES string of the molecule is Cc1ccc(F)c(NC(=O)COc2ccc(F)cc2Br)c1. The minimum absolute atomic E-state index is 0.0989. The normalized spacial score (nSPS) is 10.3. The Morgan fingerprint density at radius 2 is 2.00 bits per heavy atom. The summed E-state index contributed by atoms with van der Waals surface area (Å²) in [5.41, 5.74) is 0.927. The molecule has 0 bridgehead atoms. The van der Waals surface area contributed by atoms with Crippen molar-refractivity contribution in [3.05, 3.63) is 58.1 Å². The van der Waals surface area contributed by atoms with Gasteiger partial charge in [-0.3, -0.25) is 4.79 Å². The fourth-order valence-corrected chi connectivity index (χ4v) is 2.12. The van der Waals surface area contributed by atoms with Gasteiger partial charge < -0.3 is 10.1 Å². The second-order valence-corrected chi connectivity index (χ2v) is 5.25. The molecule has 2 rings (SSSR count). The number of carbonyl (C=O) groups is 1. The van der Waals surface area contributed by atoms with Crippen LogP contribution in [0, 0.1) is 18.6 Å². The monoisotopic (exact) mass is 355 g/mol. The predicted molar refractivity (Wildman–Crippen MR) is 79.4 cm³/mol. The van der Waals surface area contributed by atoms with E-state index >= 15 is 0 Å². The van der Waals surface area contributed by atoms with Crippen molar-refractivity contribution in [2.75, 3.05) is 11.9 Å². The quantitative estimate of drug-likeness (QED) is 0.898. The summed E-state index contributed by atoms with van der Waals surface area (Å²) >= 11 is 3.13. The Bertz CT molecular complexity index is 677. The van der Waals surface area contributed by atoms with E-state index in [0.717, 1.165) is 5.56 Å². The number of carbonyl (C=O) groups excluding carboxylic acids is 1. The molecule has 110 valence electrons. The molecule has 3 nitrogen and oxygen atoms in total. The van der Waals surface area contributed by atoms with Crippen molar-refractivity contribution in [3.63, 3.8) is 0 Å². The highest BCUT2D eigenvalue weighted by atomic mass is 79.9. The maximum atomic E-state index is 13.5. The lowest BCUT2D eigenvalue weighted by molar-refractivity contribution is -0.118. The molecule has 0 atom stereocenters. The van der Waals surface area contributed by atoms with Crippen LogP contribution >= 0.6 is 15.9 Å². The largest absolute Gasteiger partial charge is 0.483 e. The molecular formula is C15H12BrF2NO2. The zero-order valence-electron chi connectivity index (χ0n) is 11.1. The molecule has 6 heteroatoms. The van der Waals surface area contributed by atoms with Crippen LogP contribution in [0.2, 0.25) is 0 Å². The standard InChI is InChI=1S/C15H12BrF2NO2/c1-9-2-4-12(18)13(6-9)19-15(20)8-21-14-5-3-10(17)7-11(14)16/h2-7H,8H2,1H3,(H,19,20). The summed E-state index contributed by atoms with van der Waals surface area (Å²) in [6, 6.07) is 8.27. The number of hydrogen-bond donors (Lipinski definition) is 1. The van der Waals surface area contributed by atoms with Gasteiger partial charge in [0.15, 0.2) is 6.61 Å². The maximum Gasteiger partial charge on any atom is 0.262 e. The van der Waals surface area contributed by atoms with Crippen molar-refractivity contribution in [3.8, 4) is 5.75 Å². The Kier molecular flexibility index (Phi) is 4.90. The van der Waals surface area contributed by atoms with E-state index < -0.39 is 17.5 Å². The molecule has 2 aromatic rings. The molecule has 21 heavy (non-hydrogen) atoms. The van der Waals surface area contributed by atoms with Gasteiger partial charge in [0.25, 0.3) is 5.91 Å². The second-order valence-electron chi connectivity index (χ2n) is 4.39. The molecule has 0 saturated heterocycles. The summed E-state index contributed by atoms with van der Waals surface area (Å²) in [4.78, 5) is 11.7. The van der Waals surface area contributed by atoms with Gasteiger partial charge in [-0.2, -0.15) is 0 Å². The lowest BCUT2D eigenvalue weighted by Crippen LogP contribution is -2.21. The van der Waals surface area contributed by atoms with Crippen LogP contribution in [0.5, 0.6) is 5.75 Å². The number of halogens is 3. The lowest BCUT2D eigenvalue weighted by atomic mass is 10.2. The number of hydrogen-bond acceptors (Lipinski definition) is 2. The Morgan fingerprint density at radius 3 is 2.71 bits per heavy atom. The number of aryl methyl sites for hydroxylation is 1. The van der Waals surface area contributed by atoms with E-state index in [1.807, 2.05) is 0 Å². The van der Waals surface area contributed by atoms with E-state index in [1.54, 1.807) is 13.0 Å². The third kappa shape index (κ3) is 4.26. The summed E-state index contributed by atoms with van der Waals surface area (Å²) in [6.07, 6.45) is 0. The van der Waals surface area contributed by atoms with E-state index in [9.17, 15) is 13.6 Å². The average molecular weight is 356 g/mol. The summed E-state index contributed by atoms with van der Waals surface area (Å²) < 4.78 is 32.1. The van der Waals surface area contributed by atoms with Gasteiger partial charge in [-0.25, -0.2) is 8.78 Å². The van der Waals surface area contributed by atoms with Crippen molar-refractivity contribution in [2.24, 2.45) is 0 Å². The molecule has 0 fully saturated rings. The summed E-state index contributed by atoms with van der Waals surface area (Å²) in [7, 11) is 0. The van der Waals surface area contributed by atoms with Crippen molar-refractivity contribution in [1.29, 1.82) is 0 Å². The molecule has 0 heterocycles. The molecule has 1 N–H and O–H groups in total. The van der Waals surface area contributed by atoms with E-state index in [4.69, 9.17) is 4.74 Å². The van der Waals surface area contributed by atoms with Gasteiger partial charge in [0.1, 0.15) is 17.4 Å². The zero-order chi connectivity index (χ0) is 15.4. The lowest BCUT2D eigenvalue weighted by Gasteiger charge is -2.10. The van der Waals surface area contributed by atoms with Gasteiger partial charge in [-0.05, 0) is 58.7 Å². The average Bonchev–Trinajstić information content (AvgIpc) is 2.42. The molecule has 1 amide bonds. The van der Waals surface area contributed by atoms with E-state index in [1.165, 1.54) is 30.3 Å². The fourth-order valence-electron chi connectivity index (χ4n) is 1.66. The minimum atomic E-state index is -0.517. The smallest absolute Gasteiger partial charge is 0.262 e. The molecule has 0 radical (unpaired) electrons. The summed E-state index contributed by atoms with van der Waals surface area (Å²) in [6.45, 7) is 1.48. The van der Waals surface area contributed by atoms with Crippen LogP contribution in [-0.2, 0) is 4.79 Å². The van der Waals surface area contributed by atoms with Gasteiger partial charge in [0.2, 0.25) is 0 Å². The van der Waals surface area contributed by atoms with Gasteiger partial charge in [-0.15, -0.1) is 0 Å². The Balaban J connectivity index is 1.97. The fraction of sp³-hybridized carbons (Fsp3) is 0.133. The Hall–Kier alpha value is -1.95. The highest BCUT2D eigenvalue weighted by Gasteiger charge is 2.09. The Morgan fingerprint density at radius 1 is 1.24 bits per heavy atom. The molecule has 0 aliphatic heterocycles. The molecule has 0 aromatic heterocycles. The summed E-state index contributed by atoms with van der Waals surface area (Å²) in [5.74, 6) is -1.11. The molecule has 0 unspecified atom stereocenters. The van der Waals surface area contributed by atoms with Crippen LogP contribution in [0.4, 0.5) is 14.5 Å². The summed E-state index contributed by atoms with van der Waals surface area (Å²) in [5, 5.41) is 2.42. The van der Waals surface area contributed by atoms with Crippen LogP contribution < -0.4 is 10.1 Å². The van der Waals surface area contributed by atoms with E-state index in [0.29, 0.717) is 10.2 Å². The molecular weight excluding hydrogens is 344 g/mol. The first kappa shape index (κ1) is 15.4. The van der Waals surface area contributed by atoms with Gasteiger partial charge in [-0.1, -0.05) is 6.07 Å². The number of nitrogens with one attached hydrogen (secondary N) is 1. The molecule has 2 aromatic carbocycles. The first-order valence-corrected chi connectivity index (χ1v) is 6.89. The van der Waals surface area contributed by atoms with E-state index in [2.05, 4.69) is 21.2 Å². The van der Waals surface area contributed by atoms with Crippen LogP contribution in [-0.4, -0.2) is 12.5 Å². The van der Waals surface area contributed by atoms with Crippen LogP contribution in [0.1, 0.15) is 5.56 Å². The topological polar surface area (TPSA) is 38.3 Å². The predicted octanol–water partition coefficient (Wildman–Crippen LogP) is 4.05. The van der Waals surface area contributed by atoms with Crippen molar-refractivity contribution < 1.29 is 18.3 Å². The molecule has 0 saturated carbocycles. The number of ether oxygens (including phenoxy) is 1. The zero-order valence-corrected chi connectivity index (χ0v) is 12.7. The molecule has 0 spiro atoms. The first-order chi connectivity index (χ1) is 9.95. The Labute approximate surface area is 129 Å². The van der Waals surface area contributed by atoms with Gasteiger partial charge in [0, 0.05) is 0 Å². The van der Waals surface area contributed by atoms with Crippen LogP contribution in [0.25, 0.3) is 0 Å². The second kappa shape index (κ2) is 6.67. The minimum Gasteiger partial charge on any atom is -0.483 e.